The van der Waals surface area contributed by atoms with Gasteiger partial charge in [-0.15, -0.1) is 0 Å². The van der Waals surface area contributed by atoms with Gasteiger partial charge in [-0.2, -0.15) is 0 Å². The normalized spacial score (nSPS) is 26.2. The van der Waals surface area contributed by atoms with Crippen LogP contribution in [0, 0.1) is 5.82 Å². The lowest BCUT2D eigenvalue weighted by atomic mass is 9.95. The second kappa shape index (κ2) is 8.48. The highest BCUT2D eigenvalue weighted by atomic mass is 19.1. The van der Waals surface area contributed by atoms with Crippen molar-refractivity contribution in [2.75, 3.05) is 26.7 Å². The summed E-state index contributed by atoms with van der Waals surface area (Å²) in [6, 6.07) is 4.44. The maximum atomic E-state index is 13.9. The Morgan fingerprint density at radius 3 is 2.91 bits per heavy atom. The van der Waals surface area contributed by atoms with Crippen LogP contribution in [0.3, 0.4) is 0 Å². The second-order valence-electron chi connectivity index (χ2n) is 9.41. The topological polar surface area (TPSA) is 77.8 Å². The molecule has 1 aromatic heterocycles. The first-order chi connectivity index (χ1) is 15.4. The molecular formula is C24H31FN4O3. The summed E-state index contributed by atoms with van der Waals surface area (Å²) in [5, 5.41) is 14.7. The molecule has 1 saturated heterocycles. The number of fused-ring (bicyclic) bond motifs is 3. The molecule has 5 rings (SSSR count). The molecule has 2 amide bonds. The summed E-state index contributed by atoms with van der Waals surface area (Å²) in [5.41, 5.74) is 3.22. The molecule has 2 heterocycles. The van der Waals surface area contributed by atoms with Gasteiger partial charge in [-0.3, -0.25) is 14.5 Å². The van der Waals surface area contributed by atoms with Crippen LogP contribution in [-0.2, 0) is 29.0 Å². The minimum Gasteiger partial charge on any atom is -0.389 e. The Kier molecular flexibility index (Phi) is 5.67. The molecule has 8 heteroatoms. The number of nitrogens with one attached hydrogen (secondary N) is 1. The van der Waals surface area contributed by atoms with E-state index in [-0.39, 0.29) is 36.3 Å². The van der Waals surface area contributed by atoms with Gasteiger partial charge in [0.1, 0.15) is 12.4 Å². The van der Waals surface area contributed by atoms with Crippen LogP contribution >= 0.6 is 0 Å². The van der Waals surface area contributed by atoms with E-state index in [4.69, 9.17) is 0 Å². The van der Waals surface area contributed by atoms with Crippen LogP contribution in [0.5, 0.6) is 0 Å². The van der Waals surface area contributed by atoms with E-state index in [0.29, 0.717) is 19.5 Å². The van der Waals surface area contributed by atoms with Gasteiger partial charge in [-0.1, -0.05) is 0 Å². The number of aliphatic hydroxyl groups excluding tert-OH is 1. The number of halogens is 1. The monoisotopic (exact) mass is 442 g/mol. The third-order valence-corrected chi connectivity index (χ3v) is 7.61. The van der Waals surface area contributed by atoms with Crippen molar-refractivity contribution in [1.82, 2.24) is 19.7 Å². The van der Waals surface area contributed by atoms with Crippen LogP contribution in [0.25, 0.3) is 10.9 Å². The lowest BCUT2D eigenvalue weighted by Gasteiger charge is -2.36. The molecule has 2 aromatic rings. The Morgan fingerprint density at radius 2 is 2.09 bits per heavy atom. The summed E-state index contributed by atoms with van der Waals surface area (Å²) in [7, 11) is 1.76. The molecule has 1 aliphatic heterocycles. The zero-order valence-corrected chi connectivity index (χ0v) is 18.5. The van der Waals surface area contributed by atoms with Gasteiger partial charge >= 0.3 is 0 Å². The number of likely N-dealkylation sites (N-methyl/N-ethyl adjacent to an activating group) is 1. The molecule has 1 aromatic carbocycles. The predicted octanol–water partition coefficient (Wildman–Crippen LogP) is 1.44. The zero-order valence-electron chi connectivity index (χ0n) is 18.5. The highest BCUT2D eigenvalue weighted by molar-refractivity contribution is 5.88. The molecule has 0 bridgehead atoms. The maximum absolute atomic E-state index is 13.9. The third-order valence-electron chi connectivity index (χ3n) is 7.61. The predicted molar refractivity (Wildman–Crippen MR) is 119 cm³/mol. The first kappa shape index (κ1) is 21.4. The molecule has 0 radical (unpaired) electrons. The quantitative estimate of drug-likeness (QED) is 0.751. The Morgan fingerprint density at radius 1 is 1.28 bits per heavy atom. The summed E-state index contributed by atoms with van der Waals surface area (Å²) in [6.07, 6.45) is 4.76. The molecular weight excluding hydrogens is 411 g/mol. The molecule has 2 aliphatic carbocycles. The van der Waals surface area contributed by atoms with Gasteiger partial charge in [0.05, 0.1) is 18.7 Å². The van der Waals surface area contributed by atoms with Crippen molar-refractivity contribution in [2.24, 2.45) is 0 Å². The molecule has 1 saturated carbocycles. The number of rotatable bonds is 4. The van der Waals surface area contributed by atoms with Gasteiger partial charge in [0, 0.05) is 42.8 Å². The van der Waals surface area contributed by atoms with Crippen molar-refractivity contribution in [3.05, 3.63) is 35.3 Å². The molecule has 172 valence electrons. The summed E-state index contributed by atoms with van der Waals surface area (Å²) < 4.78 is 16.0. The minimum atomic E-state index is -0.681. The number of benzene rings is 1. The largest absolute Gasteiger partial charge is 0.389 e. The van der Waals surface area contributed by atoms with E-state index in [1.165, 1.54) is 11.6 Å². The molecule has 2 N–H and O–H groups in total. The number of nitrogens with zero attached hydrogens (tertiary/aromatic N) is 3. The first-order valence-electron chi connectivity index (χ1n) is 11.7. The van der Waals surface area contributed by atoms with E-state index < -0.39 is 6.10 Å². The van der Waals surface area contributed by atoms with E-state index >= 15 is 0 Å². The van der Waals surface area contributed by atoms with Crippen molar-refractivity contribution >= 4 is 22.7 Å². The number of carbonyl (C=O) groups excluding carboxylic acids is 2. The molecule has 7 nitrogen and oxygen atoms in total. The van der Waals surface area contributed by atoms with E-state index in [2.05, 4.69) is 9.88 Å². The van der Waals surface area contributed by atoms with Crippen molar-refractivity contribution < 1.29 is 19.1 Å². The highest BCUT2D eigenvalue weighted by Crippen LogP contribution is 2.33. The number of carbonyl (C=O) groups is 2. The number of amides is 2. The lowest BCUT2D eigenvalue weighted by molar-refractivity contribution is -0.135. The number of hydrogen-bond donors (Lipinski definition) is 2. The SMILES string of the molecule is CN(C(=O)Cn1c2c(c3cc(F)ccc31)CCCC2)[C@@H]1CC[C@@H](N2CCNC(=O)C2)[C@@H]1O. The van der Waals surface area contributed by atoms with E-state index in [1.54, 1.807) is 24.1 Å². The Balaban J connectivity index is 1.34. The molecule has 0 unspecified atom stereocenters. The maximum Gasteiger partial charge on any atom is 0.242 e. The number of aryl methyl sites for hydroxylation is 1. The summed E-state index contributed by atoms with van der Waals surface area (Å²) in [6.45, 7) is 1.79. The fraction of sp³-hybridized carbons (Fsp3) is 0.583. The number of aliphatic hydroxyl groups is 1. The Labute approximate surface area is 187 Å². The zero-order chi connectivity index (χ0) is 22.4. The van der Waals surface area contributed by atoms with Gasteiger partial charge in [-0.25, -0.2) is 4.39 Å². The van der Waals surface area contributed by atoms with Crippen LogP contribution in [0.1, 0.15) is 36.9 Å². The average molecular weight is 443 g/mol. The smallest absolute Gasteiger partial charge is 0.242 e. The minimum absolute atomic E-state index is 0.0166. The fourth-order valence-corrected chi connectivity index (χ4v) is 5.92. The molecule has 2 fully saturated rings. The molecule has 3 atom stereocenters. The standard InChI is InChI=1S/C24H31FN4O3/c1-27(20-8-9-21(24(20)32)28-11-10-26-22(30)13-28)23(31)14-29-18-5-3-2-4-16(18)17-12-15(25)6-7-19(17)29/h6-7,12,20-21,24,32H,2-5,8-11,13-14H2,1H3,(H,26,30)/t20-,21-,24-/m1/s1. The van der Waals surface area contributed by atoms with Crippen molar-refractivity contribution in [3.63, 3.8) is 0 Å². The van der Waals surface area contributed by atoms with Gasteiger partial charge < -0.3 is 19.9 Å². The molecule has 0 spiro atoms. The summed E-state index contributed by atoms with van der Waals surface area (Å²) in [5.74, 6) is -0.323. The lowest BCUT2D eigenvalue weighted by Crippen LogP contribution is -2.56. The van der Waals surface area contributed by atoms with Crippen LogP contribution in [0.15, 0.2) is 18.2 Å². The molecule has 3 aliphatic rings. The number of piperazine rings is 1. The molecule has 32 heavy (non-hydrogen) atoms. The number of aromatic nitrogens is 1. The van der Waals surface area contributed by atoms with Gasteiger partial charge in [0.15, 0.2) is 0 Å². The van der Waals surface area contributed by atoms with E-state index in [1.807, 2.05) is 4.90 Å². The fourth-order valence-electron chi connectivity index (χ4n) is 5.92. The third kappa shape index (κ3) is 3.69. The van der Waals surface area contributed by atoms with Gasteiger partial charge in [-0.05, 0) is 62.3 Å². The highest BCUT2D eigenvalue weighted by Gasteiger charge is 2.42. The number of hydrogen-bond acceptors (Lipinski definition) is 4. The summed E-state index contributed by atoms with van der Waals surface area (Å²) in [4.78, 5) is 28.8. The van der Waals surface area contributed by atoms with Gasteiger partial charge in [0.2, 0.25) is 11.8 Å². The Bertz CT molecular complexity index is 1050. The van der Waals surface area contributed by atoms with Crippen LogP contribution < -0.4 is 5.32 Å². The van der Waals surface area contributed by atoms with E-state index in [0.717, 1.165) is 55.2 Å². The van der Waals surface area contributed by atoms with Crippen molar-refractivity contribution in [1.29, 1.82) is 0 Å². The van der Waals surface area contributed by atoms with Crippen LogP contribution in [-0.4, -0.2) is 76.2 Å². The van der Waals surface area contributed by atoms with Crippen molar-refractivity contribution in [3.8, 4) is 0 Å². The van der Waals surface area contributed by atoms with Gasteiger partial charge in [0.25, 0.3) is 0 Å². The average Bonchev–Trinajstić information content (AvgIpc) is 3.31. The Hall–Kier alpha value is -2.45. The van der Waals surface area contributed by atoms with Crippen LogP contribution in [0.4, 0.5) is 4.39 Å². The van der Waals surface area contributed by atoms with Crippen molar-refractivity contribution in [2.45, 2.75) is 63.3 Å². The first-order valence-corrected chi connectivity index (χ1v) is 11.7. The second-order valence-corrected chi connectivity index (χ2v) is 9.41. The van der Waals surface area contributed by atoms with E-state index in [9.17, 15) is 19.1 Å². The summed E-state index contributed by atoms with van der Waals surface area (Å²) >= 11 is 0. The van der Waals surface area contributed by atoms with Crippen LogP contribution in [0.2, 0.25) is 0 Å².